The lowest BCUT2D eigenvalue weighted by Gasteiger charge is -2.47. The first kappa shape index (κ1) is 11.1. The molecule has 0 unspecified atom stereocenters. The molecule has 0 amide bonds. The van der Waals surface area contributed by atoms with E-state index in [4.69, 9.17) is 0 Å². The molecule has 4 heteroatoms. The Kier molecular flexibility index (Phi) is 2.45. The summed E-state index contributed by atoms with van der Waals surface area (Å²) in [7, 11) is 0. The highest BCUT2D eigenvalue weighted by molar-refractivity contribution is 5.20. The van der Waals surface area contributed by atoms with Crippen molar-refractivity contribution in [3.8, 4) is 0 Å². The highest BCUT2D eigenvalue weighted by atomic mass is 19.2. The molecule has 0 atom stereocenters. The van der Waals surface area contributed by atoms with Crippen LogP contribution in [0.5, 0.6) is 0 Å². The maximum atomic E-state index is 13.4. The zero-order chi connectivity index (χ0) is 12.0. The SMILES string of the molecule is OC1(C2CC2)CN(Cc2cccc(F)c2F)C1. The summed E-state index contributed by atoms with van der Waals surface area (Å²) >= 11 is 0. The van der Waals surface area contributed by atoms with Crippen LogP contribution in [-0.2, 0) is 6.54 Å². The minimum Gasteiger partial charge on any atom is -0.387 e. The monoisotopic (exact) mass is 239 g/mol. The van der Waals surface area contributed by atoms with E-state index in [-0.39, 0.29) is 0 Å². The molecule has 2 fully saturated rings. The van der Waals surface area contributed by atoms with Crippen molar-refractivity contribution >= 4 is 0 Å². The molecule has 92 valence electrons. The third-order valence-electron chi connectivity index (χ3n) is 3.76. The Labute approximate surface area is 98.9 Å². The van der Waals surface area contributed by atoms with Crippen LogP contribution in [-0.4, -0.2) is 28.7 Å². The van der Waals surface area contributed by atoms with Crippen molar-refractivity contribution in [3.05, 3.63) is 35.4 Å². The molecular weight excluding hydrogens is 224 g/mol. The third kappa shape index (κ3) is 1.96. The summed E-state index contributed by atoms with van der Waals surface area (Å²) < 4.78 is 26.4. The minimum atomic E-state index is -0.805. The zero-order valence-corrected chi connectivity index (χ0v) is 9.50. The first-order chi connectivity index (χ1) is 8.08. The van der Waals surface area contributed by atoms with Crippen molar-refractivity contribution in [3.63, 3.8) is 0 Å². The predicted octanol–water partition coefficient (Wildman–Crippen LogP) is 1.92. The van der Waals surface area contributed by atoms with Gasteiger partial charge in [0.25, 0.3) is 0 Å². The molecular formula is C13H15F2NO. The quantitative estimate of drug-likeness (QED) is 0.871. The number of aliphatic hydroxyl groups is 1. The second kappa shape index (κ2) is 3.75. The molecule has 0 aromatic heterocycles. The van der Waals surface area contributed by atoms with E-state index >= 15 is 0 Å². The first-order valence-electron chi connectivity index (χ1n) is 5.96. The number of benzene rings is 1. The van der Waals surface area contributed by atoms with E-state index in [1.54, 1.807) is 6.07 Å². The van der Waals surface area contributed by atoms with Crippen LogP contribution in [0.15, 0.2) is 18.2 Å². The lowest BCUT2D eigenvalue weighted by Crippen LogP contribution is -2.62. The summed E-state index contributed by atoms with van der Waals surface area (Å²) in [5.41, 5.74) is -0.202. The second-order valence-corrected chi connectivity index (χ2v) is 5.24. The fourth-order valence-electron chi connectivity index (χ4n) is 2.63. The molecule has 0 radical (unpaired) electrons. The topological polar surface area (TPSA) is 23.5 Å². The van der Waals surface area contributed by atoms with Gasteiger partial charge in [0.15, 0.2) is 11.6 Å². The number of hydrogen-bond acceptors (Lipinski definition) is 2. The van der Waals surface area contributed by atoms with E-state index in [9.17, 15) is 13.9 Å². The smallest absolute Gasteiger partial charge is 0.163 e. The Morgan fingerprint density at radius 2 is 2.00 bits per heavy atom. The van der Waals surface area contributed by atoms with Crippen molar-refractivity contribution in [1.29, 1.82) is 0 Å². The van der Waals surface area contributed by atoms with Crippen LogP contribution in [0.4, 0.5) is 8.78 Å². The normalized spacial score (nSPS) is 23.5. The van der Waals surface area contributed by atoms with Gasteiger partial charge in [0.2, 0.25) is 0 Å². The Balaban J connectivity index is 1.63. The van der Waals surface area contributed by atoms with Gasteiger partial charge >= 0.3 is 0 Å². The van der Waals surface area contributed by atoms with Gasteiger partial charge in [-0.15, -0.1) is 0 Å². The van der Waals surface area contributed by atoms with Crippen molar-refractivity contribution in [1.82, 2.24) is 4.90 Å². The largest absolute Gasteiger partial charge is 0.387 e. The number of β-amino-alcohol motifs (C(OH)–C–C–N with tert-alkyl or cyclic N) is 1. The van der Waals surface area contributed by atoms with Crippen molar-refractivity contribution in [2.75, 3.05) is 13.1 Å². The second-order valence-electron chi connectivity index (χ2n) is 5.24. The molecule has 1 aliphatic heterocycles. The highest BCUT2D eigenvalue weighted by Crippen LogP contribution is 2.44. The Morgan fingerprint density at radius 1 is 1.29 bits per heavy atom. The first-order valence-corrected chi connectivity index (χ1v) is 5.96. The summed E-state index contributed by atoms with van der Waals surface area (Å²) in [5, 5.41) is 10.1. The van der Waals surface area contributed by atoms with E-state index in [0.29, 0.717) is 31.1 Å². The van der Waals surface area contributed by atoms with Crippen LogP contribution in [0.2, 0.25) is 0 Å². The van der Waals surface area contributed by atoms with Crippen LogP contribution in [0.3, 0.4) is 0 Å². The van der Waals surface area contributed by atoms with Gasteiger partial charge in [0, 0.05) is 25.2 Å². The van der Waals surface area contributed by atoms with E-state index in [0.717, 1.165) is 18.9 Å². The van der Waals surface area contributed by atoms with Gasteiger partial charge in [-0.3, -0.25) is 4.90 Å². The van der Waals surface area contributed by atoms with Gasteiger partial charge in [0.05, 0.1) is 5.60 Å². The van der Waals surface area contributed by atoms with E-state index in [1.807, 2.05) is 4.90 Å². The third-order valence-corrected chi connectivity index (χ3v) is 3.76. The number of rotatable bonds is 3. The molecule has 1 heterocycles. The maximum Gasteiger partial charge on any atom is 0.163 e. The van der Waals surface area contributed by atoms with E-state index in [1.165, 1.54) is 6.07 Å². The number of hydrogen-bond donors (Lipinski definition) is 1. The molecule has 1 aliphatic carbocycles. The Hall–Kier alpha value is -1.00. The zero-order valence-electron chi connectivity index (χ0n) is 9.50. The van der Waals surface area contributed by atoms with Gasteiger partial charge in [-0.05, 0) is 24.8 Å². The van der Waals surface area contributed by atoms with Crippen LogP contribution in [0.1, 0.15) is 18.4 Å². The molecule has 17 heavy (non-hydrogen) atoms. The van der Waals surface area contributed by atoms with E-state index < -0.39 is 17.2 Å². The summed E-state index contributed by atoms with van der Waals surface area (Å²) in [5.74, 6) is -1.15. The van der Waals surface area contributed by atoms with Crippen molar-refractivity contribution < 1.29 is 13.9 Å². The van der Waals surface area contributed by atoms with Crippen molar-refractivity contribution in [2.45, 2.75) is 25.0 Å². The van der Waals surface area contributed by atoms with Gasteiger partial charge < -0.3 is 5.11 Å². The van der Waals surface area contributed by atoms with Gasteiger partial charge in [-0.25, -0.2) is 8.78 Å². The minimum absolute atomic E-state index is 0.364. The number of halogens is 2. The molecule has 1 aromatic rings. The van der Waals surface area contributed by atoms with Crippen LogP contribution >= 0.6 is 0 Å². The fraction of sp³-hybridized carbons (Fsp3) is 0.538. The number of likely N-dealkylation sites (tertiary alicyclic amines) is 1. The van der Waals surface area contributed by atoms with Gasteiger partial charge in [-0.1, -0.05) is 12.1 Å². The van der Waals surface area contributed by atoms with E-state index in [2.05, 4.69) is 0 Å². The maximum absolute atomic E-state index is 13.4. The standard InChI is InChI=1S/C13H15F2NO/c14-11-3-1-2-9(12(11)15)6-16-7-13(17,8-16)10-4-5-10/h1-3,10,17H,4-8H2. The lowest BCUT2D eigenvalue weighted by atomic mass is 9.88. The summed E-state index contributed by atoms with van der Waals surface area (Å²) in [6.07, 6.45) is 2.19. The molecule has 1 saturated carbocycles. The summed E-state index contributed by atoms with van der Waals surface area (Å²) in [6.45, 7) is 1.53. The molecule has 0 spiro atoms. The fourth-order valence-corrected chi connectivity index (χ4v) is 2.63. The average Bonchev–Trinajstić information content (AvgIpc) is 3.06. The summed E-state index contributed by atoms with van der Waals surface area (Å²) in [6, 6.07) is 4.23. The predicted molar refractivity (Wildman–Crippen MR) is 59.3 cm³/mol. The van der Waals surface area contributed by atoms with Gasteiger partial charge in [-0.2, -0.15) is 0 Å². The molecule has 3 rings (SSSR count). The molecule has 2 aliphatic rings. The Morgan fingerprint density at radius 3 is 2.65 bits per heavy atom. The van der Waals surface area contributed by atoms with Crippen LogP contribution < -0.4 is 0 Å². The molecule has 0 bridgehead atoms. The lowest BCUT2D eigenvalue weighted by molar-refractivity contribution is -0.116. The average molecular weight is 239 g/mol. The molecule has 2 nitrogen and oxygen atoms in total. The Bertz CT molecular complexity index is 439. The number of nitrogens with zero attached hydrogens (tertiary/aromatic N) is 1. The summed E-state index contributed by atoms with van der Waals surface area (Å²) in [4.78, 5) is 1.95. The van der Waals surface area contributed by atoms with Crippen molar-refractivity contribution in [2.24, 2.45) is 5.92 Å². The van der Waals surface area contributed by atoms with Crippen LogP contribution in [0.25, 0.3) is 0 Å². The molecule has 1 saturated heterocycles. The highest BCUT2D eigenvalue weighted by Gasteiger charge is 2.51. The molecule has 1 aromatic carbocycles. The van der Waals surface area contributed by atoms with Gasteiger partial charge in [0.1, 0.15) is 0 Å². The van der Waals surface area contributed by atoms with Crippen LogP contribution in [0, 0.1) is 17.6 Å². The molecule has 1 N–H and O–H groups in total.